The Hall–Kier alpha value is -0.703. The topological polar surface area (TPSA) is 25.8 Å². The highest BCUT2D eigenvalue weighted by atomic mass is 28.1. The fourth-order valence-corrected chi connectivity index (χ4v) is 1.78. The van der Waals surface area contributed by atoms with Gasteiger partial charge in [-0.3, -0.25) is 9.97 Å². The van der Waals surface area contributed by atoms with Crippen LogP contribution in [0.5, 0.6) is 0 Å². The molecule has 0 aliphatic heterocycles. The van der Waals surface area contributed by atoms with E-state index in [0.717, 1.165) is 28.4 Å². The van der Waals surface area contributed by atoms with Crippen molar-refractivity contribution in [3.05, 3.63) is 17.6 Å². The van der Waals surface area contributed by atoms with Crippen LogP contribution in [-0.4, -0.2) is 20.2 Å². The van der Waals surface area contributed by atoms with E-state index in [-0.39, 0.29) is 0 Å². The summed E-state index contributed by atoms with van der Waals surface area (Å²) in [4.78, 5) is 9.05. The second-order valence-corrected chi connectivity index (χ2v) is 4.77. The van der Waals surface area contributed by atoms with Crippen LogP contribution in [0, 0.1) is 0 Å². The van der Waals surface area contributed by atoms with Crippen LogP contribution in [-0.2, 0) is 6.42 Å². The summed E-state index contributed by atoms with van der Waals surface area (Å²) in [6.45, 7) is 6.55. The van der Waals surface area contributed by atoms with Gasteiger partial charge in [0.15, 0.2) is 0 Å². The summed E-state index contributed by atoms with van der Waals surface area (Å²) in [5.41, 5.74) is 2.39. The molecular weight excluding hydrogens is 176 g/mol. The standard InChI is InChI=1S/C10H18N2Si/c1-4-5-8-10(7(2)3)12-9(13)6-11-8/h6-7H,4-5H2,1-3,13H3. The highest BCUT2D eigenvalue weighted by molar-refractivity contribution is 6.30. The van der Waals surface area contributed by atoms with Crippen molar-refractivity contribution in [1.82, 2.24) is 9.97 Å². The van der Waals surface area contributed by atoms with Gasteiger partial charge in [0, 0.05) is 11.5 Å². The molecule has 0 atom stereocenters. The molecule has 0 N–H and O–H groups in total. The predicted molar refractivity (Wildman–Crippen MR) is 59.7 cm³/mol. The van der Waals surface area contributed by atoms with Gasteiger partial charge in [0.25, 0.3) is 0 Å². The van der Waals surface area contributed by atoms with E-state index in [4.69, 9.17) is 0 Å². The highest BCUT2D eigenvalue weighted by Gasteiger charge is 2.08. The Bertz CT molecular complexity index is 284. The van der Waals surface area contributed by atoms with Gasteiger partial charge in [-0.05, 0) is 12.3 Å². The first-order chi connectivity index (χ1) is 6.15. The Morgan fingerprint density at radius 2 is 2.15 bits per heavy atom. The minimum absolute atomic E-state index is 0.503. The lowest BCUT2D eigenvalue weighted by molar-refractivity contribution is 0.762. The predicted octanol–water partition coefficient (Wildman–Crippen LogP) is 0.543. The monoisotopic (exact) mass is 194 g/mol. The Labute approximate surface area is 83.2 Å². The van der Waals surface area contributed by atoms with Crippen LogP contribution in [0.2, 0.25) is 0 Å². The molecule has 0 aliphatic carbocycles. The minimum Gasteiger partial charge on any atom is -0.260 e. The first-order valence-electron chi connectivity index (χ1n) is 4.97. The molecule has 1 aromatic heterocycles. The second kappa shape index (κ2) is 4.51. The van der Waals surface area contributed by atoms with Crippen molar-refractivity contribution in [3.63, 3.8) is 0 Å². The average molecular weight is 194 g/mol. The SMILES string of the molecule is CCCc1ncc([SiH3])nc1C(C)C. The van der Waals surface area contributed by atoms with E-state index in [1.54, 1.807) is 0 Å². The molecule has 0 amide bonds. The quantitative estimate of drug-likeness (QED) is 0.657. The van der Waals surface area contributed by atoms with E-state index in [1.807, 2.05) is 6.20 Å². The van der Waals surface area contributed by atoms with Crippen molar-refractivity contribution in [2.24, 2.45) is 0 Å². The molecule has 3 heteroatoms. The molecule has 0 saturated heterocycles. The lowest BCUT2D eigenvalue weighted by Crippen LogP contribution is -2.15. The number of hydrogen-bond donors (Lipinski definition) is 0. The lowest BCUT2D eigenvalue weighted by atomic mass is 10.1. The van der Waals surface area contributed by atoms with E-state index >= 15 is 0 Å². The number of hydrogen-bond acceptors (Lipinski definition) is 2. The third kappa shape index (κ3) is 2.62. The van der Waals surface area contributed by atoms with Crippen LogP contribution in [0.4, 0.5) is 0 Å². The van der Waals surface area contributed by atoms with Crippen molar-refractivity contribution in [2.45, 2.75) is 39.5 Å². The minimum atomic E-state index is 0.503. The van der Waals surface area contributed by atoms with Crippen LogP contribution in [0.1, 0.15) is 44.5 Å². The summed E-state index contributed by atoms with van der Waals surface area (Å²) < 4.78 is 0. The molecule has 0 spiro atoms. The zero-order valence-electron chi connectivity index (χ0n) is 8.96. The molecule has 1 heterocycles. The Morgan fingerprint density at radius 1 is 1.46 bits per heavy atom. The van der Waals surface area contributed by atoms with Gasteiger partial charge in [-0.1, -0.05) is 27.2 Å². The van der Waals surface area contributed by atoms with Crippen molar-refractivity contribution in [1.29, 1.82) is 0 Å². The van der Waals surface area contributed by atoms with Crippen LogP contribution in [0.15, 0.2) is 6.20 Å². The zero-order chi connectivity index (χ0) is 9.84. The Balaban J connectivity index is 3.03. The third-order valence-corrected chi connectivity index (χ3v) is 2.52. The summed E-state index contributed by atoms with van der Waals surface area (Å²) in [5.74, 6) is 0.503. The Kier molecular flexibility index (Phi) is 3.60. The molecule has 2 nitrogen and oxygen atoms in total. The average Bonchev–Trinajstić information content (AvgIpc) is 2.08. The van der Waals surface area contributed by atoms with Crippen LogP contribution in [0.25, 0.3) is 0 Å². The lowest BCUT2D eigenvalue weighted by Gasteiger charge is -2.10. The van der Waals surface area contributed by atoms with Crippen LogP contribution < -0.4 is 5.32 Å². The van der Waals surface area contributed by atoms with Gasteiger partial charge >= 0.3 is 0 Å². The maximum absolute atomic E-state index is 4.59. The molecular formula is C10H18N2Si. The van der Waals surface area contributed by atoms with Crippen molar-refractivity contribution in [2.75, 3.05) is 0 Å². The van der Waals surface area contributed by atoms with Gasteiger partial charge < -0.3 is 0 Å². The second-order valence-electron chi connectivity index (χ2n) is 3.75. The summed E-state index contributed by atoms with van der Waals surface area (Å²) in [5, 5.41) is 1.16. The highest BCUT2D eigenvalue weighted by Crippen LogP contribution is 2.14. The summed E-state index contributed by atoms with van der Waals surface area (Å²) in [6.07, 6.45) is 4.13. The van der Waals surface area contributed by atoms with Crippen molar-refractivity contribution < 1.29 is 0 Å². The van der Waals surface area contributed by atoms with Crippen LogP contribution in [0.3, 0.4) is 0 Å². The fourth-order valence-electron chi connectivity index (χ4n) is 1.41. The molecule has 72 valence electrons. The molecule has 0 radical (unpaired) electrons. The smallest absolute Gasteiger partial charge is 0.0643 e. The van der Waals surface area contributed by atoms with Crippen molar-refractivity contribution >= 4 is 15.6 Å². The Morgan fingerprint density at radius 3 is 2.69 bits per heavy atom. The van der Waals surface area contributed by atoms with E-state index < -0.39 is 0 Å². The fraction of sp³-hybridized carbons (Fsp3) is 0.600. The first-order valence-corrected chi connectivity index (χ1v) is 5.97. The summed E-state index contributed by atoms with van der Waals surface area (Å²) in [7, 11) is 0.997. The van der Waals surface area contributed by atoms with Gasteiger partial charge in [0.1, 0.15) is 0 Å². The largest absolute Gasteiger partial charge is 0.260 e. The molecule has 0 saturated carbocycles. The molecule has 0 aromatic carbocycles. The van der Waals surface area contributed by atoms with Gasteiger partial charge in [-0.15, -0.1) is 0 Å². The molecule has 1 rings (SSSR count). The molecule has 1 aromatic rings. The molecule has 13 heavy (non-hydrogen) atoms. The van der Waals surface area contributed by atoms with Gasteiger partial charge in [0.2, 0.25) is 0 Å². The number of nitrogens with zero attached hydrogens (tertiary/aromatic N) is 2. The number of aromatic nitrogens is 2. The van der Waals surface area contributed by atoms with Gasteiger partial charge in [-0.25, -0.2) is 0 Å². The van der Waals surface area contributed by atoms with E-state index in [2.05, 4.69) is 30.7 Å². The number of rotatable bonds is 3. The zero-order valence-corrected chi connectivity index (χ0v) is 11.0. The third-order valence-electron chi connectivity index (χ3n) is 2.03. The first kappa shape index (κ1) is 10.4. The van der Waals surface area contributed by atoms with E-state index in [1.165, 1.54) is 11.4 Å². The maximum Gasteiger partial charge on any atom is 0.0643 e. The van der Waals surface area contributed by atoms with Crippen LogP contribution >= 0.6 is 0 Å². The van der Waals surface area contributed by atoms with E-state index in [9.17, 15) is 0 Å². The van der Waals surface area contributed by atoms with E-state index in [0.29, 0.717) is 5.92 Å². The molecule has 0 unspecified atom stereocenters. The van der Waals surface area contributed by atoms with Crippen molar-refractivity contribution in [3.8, 4) is 0 Å². The molecule has 0 bridgehead atoms. The van der Waals surface area contributed by atoms with Gasteiger partial charge in [0.05, 0.1) is 21.6 Å². The normalized spacial score (nSPS) is 11.1. The number of aryl methyl sites for hydroxylation is 1. The summed E-state index contributed by atoms with van der Waals surface area (Å²) >= 11 is 0. The van der Waals surface area contributed by atoms with Gasteiger partial charge in [-0.2, -0.15) is 0 Å². The molecule has 0 aliphatic rings. The maximum atomic E-state index is 4.59. The molecule has 0 fully saturated rings. The summed E-state index contributed by atoms with van der Waals surface area (Å²) in [6, 6.07) is 0.